The molecule has 0 amide bonds. The van der Waals surface area contributed by atoms with E-state index in [-0.39, 0.29) is 0 Å². The van der Waals surface area contributed by atoms with Crippen molar-refractivity contribution in [2.24, 2.45) is 0 Å². The van der Waals surface area contributed by atoms with Crippen LogP contribution in [0, 0.1) is 11.3 Å². The summed E-state index contributed by atoms with van der Waals surface area (Å²) in [4.78, 5) is 2.11. The highest BCUT2D eigenvalue weighted by molar-refractivity contribution is 5.42. The number of nitriles is 1. The first kappa shape index (κ1) is 14.5. The number of nitrogens with zero attached hydrogens (tertiary/aromatic N) is 4. The Hall–Kier alpha value is -2.43. The molecule has 1 aromatic carbocycles. The van der Waals surface area contributed by atoms with Crippen molar-refractivity contribution in [1.82, 2.24) is 20.3 Å². The van der Waals surface area contributed by atoms with Crippen LogP contribution in [-0.4, -0.2) is 51.7 Å². The molecule has 3 rings (SSSR count). The van der Waals surface area contributed by atoms with Crippen molar-refractivity contribution in [2.75, 3.05) is 26.2 Å². The summed E-state index contributed by atoms with van der Waals surface area (Å²) in [6.07, 6.45) is 2.18. The summed E-state index contributed by atoms with van der Waals surface area (Å²) >= 11 is 0. The topological polar surface area (TPSA) is 98.1 Å². The molecule has 114 valence electrons. The summed E-state index contributed by atoms with van der Waals surface area (Å²) in [5, 5.41) is 29.8. The molecule has 0 saturated carbocycles. The quantitative estimate of drug-likeness (QED) is 0.841. The van der Waals surface area contributed by atoms with Crippen molar-refractivity contribution in [2.45, 2.75) is 12.0 Å². The number of rotatable bonds is 5. The number of aromatic nitrogens is 3. The maximum Gasteiger partial charge on any atom is 0.137 e. The van der Waals surface area contributed by atoms with Gasteiger partial charge in [0, 0.05) is 19.6 Å². The molecule has 7 nitrogen and oxygen atoms in total. The van der Waals surface area contributed by atoms with Gasteiger partial charge in [-0.15, -0.1) is 0 Å². The molecular weight excluding hydrogens is 282 g/mol. The maximum atomic E-state index is 10.6. The maximum absolute atomic E-state index is 10.6. The lowest BCUT2D eigenvalue weighted by Gasteiger charge is -2.21. The second-order valence-corrected chi connectivity index (χ2v) is 5.37. The minimum atomic E-state index is -0.947. The third-order valence-electron chi connectivity index (χ3n) is 3.89. The lowest BCUT2D eigenvalue weighted by Crippen LogP contribution is -2.33. The Labute approximate surface area is 128 Å². The van der Waals surface area contributed by atoms with Gasteiger partial charge in [0.15, 0.2) is 0 Å². The number of hydrogen-bond donors (Lipinski definition) is 2. The zero-order chi connectivity index (χ0) is 15.4. The monoisotopic (exact) mass is 299 g/mol. The summed E-state index contributed by atoms with van der Waals surface area (Å²) in [6, 6.07) is 9.28. The van der Waals surface area contributed by atoms with Crippen molar-refractivity contribution in [3.8, 4) is 11.8 Å². The molecule has 1 aliphatic rings. The van der Waals surface area contributed by atoms with E-state index in [0.717, 1.165) is 6.54 Å². The van der Waals surface area contributed by atoms with Gasteiger partial charge in [-0.3, -0.25) is 4.90 Å². The fourth-order valence-electron chi connectivity index (χ4n) is 2.67. The van der Waals surface area contributed by atoms with E-state index in [4.69, 9.17) is 10.00 Å². The molecule has 0 bridgehead atoms. The van der Waals surface area contributed by atoms with Gasteiger partial charge in [-0.2, -0.15) is 20.7 Å². The van der Waals surface area contributed by atoms with E-state index in [0.29, 0.717) is 43.1 Å². The van der Waals surface area contributed by atoms with E-state index in [1.54, 1.807) is 18.3 Å². The molecule has 2 aromatic rings. The zero-order valence-corrected chi connectivity index (χ0v) is 12.1. The van der Waals surface area contributed by atoms with Crippen molar-refractivity contribution >= 4 is 0 Å². The Morgan fingerprint density at radius 1 is 1.45 bits per heavy atom. The molecule has 0 aliphatic carbocycles. The molecule has 1 aromatic heterocycles. The normalized spacial score (nSPS) is 21.6. The summed E-state index contributed by atoms with van der Waals surface area (Å²) < 4.78 is 5.67. The largest absolute Gasteiger partial charge is 0.491 e. The van der Waals surface area contributed by atoms with Gasteiger partial charge in [-0.25, -0.2) is 0 Å². The Morgan fingerprint density at radius 3 is 3.09 bits per heavy atom. The van der Waals surface area contributed by atoms with E-state index in [2.05, 4.69) is 26.4 Å². The van der Waals surface area contributed by atoms with Gasteiger partial charge in [-0.05, 0) is 18.6 Å². The molecule has 22 heavy (non-hydrogen) atoms. The number of benzene rings is 1. The lowest BCUT2D eigenvalue weighted by molar-refractivity contribution is 0.0403. The molecule has 2 N–H and O–H groups in total. The Morgan fingerprint density at radius 2 is 2.32 bits per heavy atom. The second-order valence-electron chi connectivity index (χ2n) is 5.37. The van der Waals surface area contributed by atoms with E-state index in [1.807, 2.05) is 12.1 Å². The first-order valence-corrected chi connectivity index (χ1v) is 7.14. The van der Waals surface area contributed by atoms with Crippen LogP contribution < -0.4 is 4.74 Å². The molecule has 0 radical (unpaired) electrons. The van der Waals surface area contributed by atoms with E-state index >= 15 is 0 Å². The molecule has 0 unspecified atom stereocenters. The highest BCUT2D eigenvalue weighted by Gasteiger charge is 2.39. The van der Waals surface area contributed by atoms with Gasteiger partial charge in [0.05, 0.1) is 11.8 Å². The molecule has 7 heteroatoms. The zero-order valence-electron chi connectivity index (χ0n) is 12.1. The Balaban J connectivity index is 1.52. The number of hydrogen-bond acceptors (Lipinski definition) is 6. The van der Waals surface area contributed by atoms with Crippen LogP contribution in [0.3, 0.4) is 0 Å². The minimum absolute atomic E-state index is 0.466. The van der Waals surface area contributed by atoms with Crippen LogP contribution in [0.2, 0.25) is 0 Å². The number of H-pyrrole nitrogens is 1. The number of nitrogens with one attached hydrogen (secondary N) is 1. The first-order valence-electron chi connectivity index (χ1n) is 7.14. The molecule has 1 fully saturated rings. The fraction of sp³-hybridized carbons (Fsp3) is 0.400. The number of ether oxygens (including phenoxy) is 1. The van der Waals surface area contributed by atoms with Crippen molar-refractivity contribution in [1.29, 1.82) is 5.26 Å². The van der Waals surface area contributed by atoms with Gasteiger partial charge < -0.3 is 9.84 Å². The predicted molar refractivity (Wildman–Crippen MR) is 78.0 cm³/mol. The second kappa shape index (κ2) is 6.13. The number of aliphatic hydroxyl groups is 1. The van der Waals surface area contributed by atoms with Crippen molar-refractivity contribution in [3.05, 3.63) is 41.7 Å². The third kappa shape index (κ3) is 2.93. The smallest absolute Gasteiger partial charge is 0.137 e. The SMILES string of the molecule is N#Cc1ccccc1OCCN1CC[C@@](O)(c2cn[nH]n2)C1. The number of likely N-dealkylation sites (tertiary alicyclic amines) is 1. The number of para-hydroxylation sites is 1. The third-order valence-corrected chi connectivity index (χ3v) is 3.89. The molecule has 0 spiro atoms. The molecular formula is C15H17N5O2. The Bertz CT molecular complexity index is 667. The number of aromatic amines is 1. The van der Waals surface area contributed by atoms with Gasteiger partial charge in [0.1, 0.15) is 29.7 Å². The average molecular weight is 299 g/mol. The molecule has 2 heterocycles. The highest BCUT2D eigenvalue weighted by atomic mass is 16.5. The summed E-state index contributed by atoms with van der Waals surface area (Å²) in [5.74, 6) is 0.593. The van der Waals surface area contributed by atoms with Crippen molar-refractivity contribution < 1.29 is 9.84 Å². The first-order chi connectivity index (χ1) is 10.7. The van der Waals surface area contributed by atoms with Gasteiger partial charge in [0.25, 0.3) is 0 Å². The van der Waals surface area contributed by atoms with Crippen LogP contribution in [-0.2, 0) is 5.60 Å². The van der Waals surface area contributed by atoms with Crippen LogP contribution >= 0.6 is 0 Å². The molecule has 1 atom stereocenters. The van der Waals surface area contributed by atoms with Crippen molar-refractivity contribution in [3.63, 3.8) is 0 Å². The summed E-state index contributed by atoms with van der Waals surface area (Å²) in [5.41, 5.74) is 0.158. The number of β-amino-alcohol motifs (C(OH)–C–C–N with tert-alkyl or cyclic N) is 1. The molecule has 1 aliphatic heterocycles. The van der Waals surface area contributed by atoms with Gasteiger partial charge >= 0.3 is 0 Å². The summed E-state index contributed by atoms with van der Waals surface area (Å²) in [7, 11) is 0. The van der Waals surface area contributed by atoms with Crippen LogP contribution in [0.5, 0.6) is 5.75 Å². The van der Waals surface area contributed by atoms with Crippen LogP contribution in [0.1, 0.15) is 17.7 Å². The standard InChI is InChI=1S/C15H17N5O2/c16-9-12-3-1-2-4-13(12)22-8-7-20-6-5-15(21,11-20)14-10-17-19-18-14/h1-4,10,21H,5-8,11H2,(H,17,18,19)/t15-/m0/s1. The van der Waals surface area contributed by atoms with E-state index < -0.39 is 5.60 Å². The minimum Gasteiger partial charge on any atom is -0.491 e. The van der Waals surface area contributed by atoms with Gasteiger partial charge in [-0.1, -0.05) is 12.1 Å². The van der Waals surface area contributed by atoms with Crippen LogP contribution in [0.4, 0.5) is 0 Å². The fourth-order valence-corrected chi connectivity index (χ4v) is 2.67. The Kier molecular flexibility index (Phi) is 4.04. The average Bonchev–Trinajstić information content (AvgIpc) is 3.19. The van der Waals surface area contributed by atoms with Gasteiger partial charge in [0.2, 0.25) is 0 Å². The van der Waals surface area contributed by atoms with E-state index in [1.165, 1.54) is 0 Å². The predicted octanol–water partition coefficient (Wildman–Crippen LogP) is 0.649. The highest BCUT2D eigenvalue weighted by Crippen LogP contribution is 2.29. The molecule has 1 saturated heterocycles. The van der Waals surface area contributed by atoms with Crippen LogP contribution in [0.25, 0.3) is 0 Å². The van der Waals surface area contributed by atoms with E-state index in [9.17, 15) is 5.11 Å². The van der Waals surface area contributed by atoms with Crippen LogP contribution in [0.15, 0.2) is 30.5 Å². The summed E-state index contributed by atoms with van der Waals surface area (Å²) in [6.45, 7) is 2.42. The lowest BCUT2D eigenvalue weighted by atomic mass is 10.0.